The van der Waals surface area contributed by atoms with Crippen LogP contribution in [-0.2, 0) is 33.1 Å². The van der Waals surface area contributed by atoms with E-state index in [1.807, 2.05) is 60.7 Å². The van der Waals surface area contributed by atoms with Gasteiger partial charge in [-0.1, -0.05) is 60.7 Å². The lowest BCUT2D eigenvalue weighted by atomic mass is 9.91. The van der Waals surface area contributed by atoms with E-state index in [0.717, 1.165) is 11.1 Å². The molecule has 0 amide bonds. The molecule has 5 rings (SSSR count). The van der Waals surface area contributed by atoms with Crippen LogP contribution < -0.4 is 16.6 Å². The Labute approximate surface area is 191 Å². The average Bonchev–Trinajstić information content (AvgIpc) is 3.02. The summed E-state index contributed by atoms with van der Waals surface area (Å²) in [7, 11) is 0. The number of nitrogens with zero attached hydrogens (tertiary/aromatic N) is 1. The average molecular weight is 450 g/mol. The van der Waals surface area contributed by atoms with Crippen molar-refractivity contribution < 1.29 is 14.2 Å². The zero-order valence-electron chi connectivity index (χ0n) is 18.4. The third-order valence-electron chi connectivity index (χ3n) is 6.32. The monoisotopic (exact) mass is 449 g/mol. The molecule has 2 fully saturated rings. The van der Waals surface area contributed by atoms with E-state index in [0.29, 0.717) is 31.9 Å². The predicted molar refractivity (Wildman–Crippen MR) is 122 cm³/mol. The molecule has 2 aliphatic rings. The fourth-order valence-electron chi connectivity index (χ4n) is 4.53. The predicted octanol–water partition coefficient (Wildman–Crippen LogP) is 1.67. The Kier molecular flexibility index (Phi) is 5.99. The molecule has 8 nitrogen and oxygen atoms in total. The fraction of sp³-hybridized carbons (Fsp3) is 0.360. The highest BCUT2D eigenvalue weighted by atomic mass is 16.6. The van der Waals surface area contributed by atoms with Gasteiger partial charge >= 0.3 is 5.69 Å². The van der Waals surface area contributed by atoms with E-state index in [2.05, 4.69) is 10.3 Å². The van der Waals surface area contributed by atoms with E-state index >= 15 is 0 Å². The van der Waals surface area contributed by atoms with Gasteiger partial charge in [0.2, 0.25) is 0 Å². The number of aryl methyl sites for hydroxylation is 1. The summed E-state index contributed by atoms with van der Waals surface area (Å²) in [6, 6.07) is 19.6. The Morgan fingerprint density at radius 3 is 2.33 bits per heavy atom. The molecule has 2 aliphatic heterocycles. The molecule has 4 atom stereocenters. The Hall–Kier alpha value is -3.04. The molecule has 0 unspecified atom stereocenters. The van der Waals surface area contributed by atoms with E-state index in [1.165, 1.54) is 4.57 Å². The first-order valence-electron chi connectivity index (χ1n) is 11.1. The van der Waals surface area contributed by atoms with Crippen LogP contribution in [0.25, 0.3) is 0 Å². The van der Waals surface area contributed by atoms with Crippen molar-refractivity contribution in [2.45, 2.75) is 44.1 Å². The van der Waals surface area contributed by atoms with Gasteiger partial charge in [-0.05, 0) is 18.1 Å². The zero-order chi connectivity index (χ0) is 22.8. The number of aromatic amines is 1. The number of benzene rings is 2. The first-order valence-corrected chi connectivity index (χ1v) is 11.1. The van der Waals surface area contributed by atoms with Gasteiger partial charge in [0, 0.05) is 18.3 Å². The van der Waals surface area contributed by atoms with E-state index in [-0.39, 0.29) is 12.1 Å². The van der Waals surface area contributed by atoms with Crippen LogP contribution in [0.3, 0.4) is 0 Å². The second-order valence-electron chi connectivity index (χ2n) is 8.56. The van der Waals surface area contributed by atoms with E-state index in [4.69, 9.17) is 14.2 Å². The quantitative estimate of drug-likeness (QED) is 0.543. The number of nitrogens with one attached hydrogen (secondary N) is 2. The maximum atomic E-state index is 12.7. The molecule has 0 saturated carbocycles. The summed E-state index contributed by atoms with van der Waals surface area (Å²) in [5.74, 6) is 0. The summed E-state index contributed by atoms with van der Waals surface area (Å²) in [5.41, 5.74) is 0.743. The Balaban J connectivity index is 1.38. The summed E-state index contributed by atoms with van der Waals surface area (Å²) in [6.07, 6.45) is 0.835. The van der Waals surface area contributed by atoms with Gasteiger partial charge in [0.15, 0.2) is 5.72 Å². The number of fused-ring (bicyclic) bond motifs is 1. The van der Waals surface area contributed by atoms with Crippen LogP contribution in [0.15, 0.2) is 76.4 Å². The van der Waals surface area contributed by atoms with Crippen molar-refractivity contribution in [2.24, 2.45) is 0 Å². The molecule has 172 valence electrons. The van der Waals surface area contributed by atoms with Crippen LogP contribution in [0.5, 0.6) is 0 Å². The second-order valence-corrected chi connectivity index (χ2v) is 8.56. The smallest absolute Gasteiger partial charge is 0.330 e. The molecule has 8 heteroatoms. The topological polar surface area (TPSA) is 94.6 Å². The van der Waals surface area contributed by atoms with Crippen LogP contribution in [0.1, 0.15) is 16.7 Å². The molecule has 0 aliphatic carbocycles. The molecule has 33 heavy (non-hydrogen) atoms. The number of hydrogen-bond acceptors (Lipinski definition) is 6. The minimum absolute atomic E-state index is 0.255. The zero-order valence-corrected chi connectivity index (χ0v) is 18.4. The van der Waals surface area contributed by atoms with Gasteiger partial charge in [0.05, 0.1) is 25.9 Å². The molecule has 0 spiro atoms. The van der Waals surface area contributed by atoms with Crippen molar-refractivity contribution in [3.63, 3.8) is 0 Å². The van der Waals surface area contributed by atoms with Crippen LogP contribution in [-0.4, -0.2) is 41.0 Å². The molecular weight excluding hydrogens is 422 g/mol. The van der Waals surface area contributed by atoms with Crippen LogP contribution in [0.4, 0.5) is 0 Å². The number of H-pyrrole nitrogens is 1. The van der Waals surface area contributed by atoms with Crippen molar-refractivity contribution >= 4 is 0 Å². The SMILES string of the molecule is Cc1cn([C@@]23CN[C@@H]2[C@H](OCc2ccccc2)[C@@H](COCc2ccccc2)O3)c(=O)[nH]c1=O. The number of rotatable bonds is 8. The van der Waals surface area contributed by atoms with Gasteiger partial charge in [-0.3, -0.25) is 14.3 Å². The highest BCUT2D eigenvalue weighted by molar-refractivity contribution is 5.17. The Morgan fingerprint density at radius 2 is 1.70 bits per heavy atom. The van der Waals surface area contributed by atoms with Crippen molar-refractivity contribution in [3.05, 3.63) is 104 Å². The van der Waals surface area contributed by atoms with Gasteiger partial charge < -0.3 is 19.5 Å². The summed E-state index contributed by atoms with van der Waals surface area (Å²) < 4.78 is 20.3. The van der Waals surface area contributed by atoms with Gasteiger partial charge in [-0.15, -0.1) is 0 Å². The molecule has 2 saturated heterocycles. The molecule has 3 heterocycles. The van der Waals surface area contributed by atoms with Gasteiger partial charge in [-0.2, -0.15) is 0 Å². The van der Waals surface area contributed by atoms with Crippen molar-refractivity contribution in [1.82, 2.24) is 14.9 Å². The molecule has 2 aromatic carbocycles. The lowest BCUT2D eigenvalue weighted by Gasteiger charge is -2.46. The van der Waals surface area contributed by atoms with Crippen molar-refractivity contribution in [3.8, 4) is 0 Å². The normalized spacial score (nSPS) is 26.0. The maximum Gasteiger partial charge on any atom is 0.330 e. The number of hydrogen-bond donors (Lipinski definition) is 2. The Bertz CT molecular complexity index is 1210. The molecular formula is C25H27N3O5. The largest absolute Gasteiger partial charge is 0.374 e. The molecule has 2 N–H and O–H groups in total. The number of aromatic nitrogens is 2. The lowest BCUT2D eigenvalue weighted by molar-refractivity contribution is -0.159. The lowest BCUT2D eigenvalue weighted by Crippen LogP contribution is -2.71. The molecule has 0 radical (unpaired) electrons. The Morgan fingerprint density at radius 1 is 1.03 bits per heavy atom. The summed E-state index contributed by atoms with van der Waals surface area (Å²) in [5, 5.41) is 3.38. The molecule has 1 aromatic heterocycles. The van der Waals surface area contributed by atoms with E-state index < -0.39 is 23.1 Å². The van der Waals surface area contributed by atoms with Crippen molar-refractivity contribution in [2.75, 3.05) is 13.2 Å². The van der Waals surface area contributed by atoms with Crippen molar-refractivity contribution in [1.29, 1.82) is 0 Å². The minimum Gasteiger partial charge on any atom is -0.374 e. The molecule has 0 bridgehead atoms. The van der Waals surface area contributed by atoms with E-state index in [1.54, 1.807) is 13.1 Å². The molecule has 3 aromatic rings. The highest BCUT2D eigenvalue weighted by Crippen LogP contribution is 2.42. The first-order chi connectivity index (χ1) is 16.1. The second kappa shape index (κ2) is 9.07. The van der Waals surface area contributed by atoms with Crippen LogP contribution in [0.2, 0.25) is 0 Å². The van der Waals surface area contributed by atoms with Crippen LogP contribution >= 0.6 is 0 Å². The third kappa shape index (κ3) is 4.18. The van der Waals surface area contributed by atoms with Gasteiger partial charge in [-0.25, -0.2) is 4.79 Å². The summed E-state index contributed by atoms with van der Waals surface area (Å²) in [4.78, 5) is 27.0. The standard InChI is InChI=1S/C25H27N3O5/c1-17-12-28(24(30)27-23(17)29)25-16-26-22(25)21(32-14-19-10-6-3-7-11-19)20(33-25)15-31-13-18-8-4-2-5-9-18/h2-12,20-22,26H,13-16H2,1H3,(H,27,29,30)/t20-,21-,22-,25-/m1/s1. The third-order valence-corrected chi connectivity index (χ3v) is 6.32. The number of ether oxygens (including phenoxy) is 3. The maximum absolute atomic E-state index is 12.7. The highest BCUT2D eigenvalue weighted by Gasteiger charge is 2.63. The van der Waals surface area contributed by atoms with Gasteiger partial charge in [0.25, 0.3) is 5.56 Å². The van der Waals surface area contributed by atoms with Gasteiger partial charge in [0.1, 0.15) is 12.2 Å². The van der Waals surface area contributed by atoms with Crippen LogP contribution in [0, 0.1) is 6.92 Å². The summed E-state index contributed by atoms with van der Waals surface area (Å²) in [6.45, 7) is 3.28. The minimum atomic E-state index is -0.936. The first kappa shape index (κ1) is 21.8. The fourth-order valence-corrected chi connectivity index (χ4v) is 4.53. The van der Waals surface area contributed by atoms with E-state index in [9.17, 15) is 9.59 Å². The summed E-state index contributed by atoms with van der Waals surface area (Å²) >= 11 is 0.